The zero-order valence-corrected chi connectivity index (χ0v) is 17.8. The Morgan fingerprint density at radius 2 is 2.23 bits per heavy atom. The van der Waals surface area contributed by atoms with Gasteiger partial charge in [0.1, 0.15) is 11.9 Å². The number of hydrogen-bond acceptors (Lipinski definition) is 8. The van der Waals surface area contributed by atoms with Crippen molar-refractivity contribution in [1.29, 1.82) is 10.8 Å². The minimum Gasteiger partial charge on any atom is -0.486 e. The standard InChI is InChI=1S/C21H25FN6OS/c1-3-26-20-12(9-23)6-17(28-30)19(24)15-5-4-14(22)8-16(15)11(2)29-18-7-13(20)10-27-21(18)25/h4-5,7,9-11,16,23-24,26,30H,3,6,8H2,1-2H3,(H2,25,27)/b20-12-,23-9?,24-19?,28-17-/t11-,16?/m1/s1. The first kappa shape index (κ1) is 21.8. The molecule has 1 aromatic rings. The van der Waals surface area contributed by atoms with E-state index in [0.717, 1.165) is 0 Å². The van der Waals surface area contributed by atoms with Crippen LogP contribution in [0.2, 0.25) is 0 Å². The highest BCUT2D eigenvalue weighted by atomic mass is 32.1. The van der Waals surface area contributed by atoms with Crippen LogP contribution in [0.5, 0.6) is 5.75 Å². The van der Waals surface area contributed by atoms with Crippen LogP contribution in [0.15, 0.2) is 45.8 Å². The molecule has 9 heteroatoms. The quantitative estimate of drug-likeness (QED) is 0.370. The third kappa shape index (κ3) is 4.30. The molecule has 1 aromatic heterocycles. The van der Waals surface area contributed by atoms with Crippen molar-refractivity contribution in [2.45, 2.75) is 32.8 Å². The number of rotatable bonds is 3. The summed E-state index contributed by atoms with van der Waals surface area (Å²) in [4.78, 5) is 4.25. The Hall–Kier alpha value is -2.94. The number of nitrogen functional groups attached to an aromatic ring is 1. The minimum atomic E-state index is -0.468. The number of hydrogen-bond donors (Lipinski definition) is 5. The molecular formula is C21H25FN6OS. The fourth-order valence-electron chi connectivity index (χ4n) is 3.66. The number of nitrogens with zero attached hydrogens (tertiary/aromatic N) is 2. The van der Waals surface area contributed by atoms with Crippen LogP contribution in [0.4, 0.5) is 10.2 Å². The summed E-state index contributed by atoms with van der Waals surface area (Å²) in [5.41, 5.74) is 9.17. The number of ether oxygens (including phenoxy) is 1. The van der Waals surface area contributed by atoms with Crippen molar-refractivity contribution in [2.24, 2.45) is 10.3 Å². The first-order valence-corrected chi connectivity index (χ1v) is 10.1. The second-order valence-electron chi connectivity index (χ2n) is 7.15. The fourth-order valence-corrected chi connectivity index (χ4v) is 3.83. The Morgan fingerprint density at radius 3 is 2.90 bits per heavy atom. The number of anilines is 1. The van der Waals surface area contributed by atoms with Crippen LogP contribution >= 0.6 is 12.8 Å². The van der Waals surface area contributed by atoms with Crippen LogP contribution in [0.1, 0.15) is 32.3 Å². The lowest BCUT2D eigenvalue weighted by molar-refractivity contribution is 0.167. The molecule has 2 bridgehead atoms. The Labute approximate surface area is 180 Å². The maximum atomic E-state index is 14.1. The summed E-state index contributed by atoms with van der Waals surface area (Å²) >= 11 is 4.07. The molecule has 7 nitrogen and oxygen atoms in total. The van der Waals surface area contributed by atoms with Gasteiger partial charge in [-0.1, -0.05) is 6.08 Å². The highest BCUT2D eigenvalue weighted by Crippen LogP contribution is 2.35. The van der Waals surface area contributed by atoms with Crippen LogP contribution in [0.3, 0.4) is 0 Å². The van der Waals surface area contributed by atoms with Crippen molar-refractivity contribution in [1.82, 2.24) is 10.3 Å². The van der Waals surface area contributed by atoms with E-state index >= 15 is 0 Å². The Kier molecular flexibility index (Phi) is 6.71. The first-order valence-electron chi connectivity index (χ1n) is 9.66. The van der Waals surface area contributed by atoms with E-state index in [-0.39, 0.29) is 30.2 Å². The molecule has 1 aliphatic carbocycles. The number of nitrogens with one attached hydrogen (secondary N) is 3. The zero-order valence-electron chi connectivity index (χ0n) is 16.9. The molecule has 5 N–H and O–H groups in total. The summed E-state index contributed by atoms with van der Waals surface area (Å²) in [5.74, 6) is -0.0855. The SMILES string of the molecule is CCN/C1=C(\C=N)C/C(=N/S)C(=N)C2=CC=C(F)CC2[C@@H](C)Oc2cc1cnc2N. The molecule has 1 unspecified atom stereocenters. The molecule has 0 fully saturated rings. The number of nitrogens with two attached hydrogens (primary N) is 1. The van der Waals surface area contributed by atoms with Crippen LogP contribution in [0, 0.1) is 16.7 Å². The molecule has 2 aliphatic rings. The van der Waals surface area contributed by atoms with Crippen molar-refractivity contribution in [3.8, 4) is 5.75 Å². The van der Waals surface area contributed by atoms with Gasteiger partial charge >= 0.3 is 0 Å². The van der Waals surface area contributed by atoms with Gasteiger partial charge < -0.3 is 21.2 Å². The van der Waals surface area contributed by atoms with E-state index in [2.05, 4.69) is 27.5 Å². The molecule has 1 aliphatic heterocycles. The lowest BCUT2D eigenvalue weighted by atomic mass is 9.82. The summed E-state index contributed by atoms with van der Waals surface area (Å²) in [6.07, 6.45) is 5.64. The molecule has 0 spiro atoms. The van der Waals surface area contributed by atoms with Gasteiger partial charge in [-0.25, -0.2) is 13.8 Å². The topological polar surface area (TPSA) is 120 Å². The smallest absolute Gasteiger partial charge is 0.166 e. The van der Waals surface area contributed by atoms with Gasteiger partial charge in [0.2, 0.25) is 0 Å². The fraction of sp³-hybridized carbons (Fsp3) is 0.333. The maximum Gasteiger partial charge on any atom is 0.166 e. The molecule has 30 heavy (non-hydrogen) atoms. The summed E-state index contributed by atoms with van der Waals surface area (Å²) in [6, 6.07) is 1.77. The zero-order chi connectivity index (χ0) is 21.8. The lowest BCUT2D eigenvalue weighted by Gasteiger charge is -2.30. The number of allylic oxidation sites excluding steroid dienone is 4. The Morgan fingerprint density at radius 1 is 1.47 bits per heavy atom. The van der Waals surface area contributed by atoms with Crippen LogP contribution in [0.25, 0.3) is 5.70 Å². The van der Waals surface area contributed by atoms with Crippen LogP contribution in [-0.2, 0) is 0 Å². The van der Waals surface area contributed by atoms with E-state index in [4.69, 9.17) is 21.3 Å². The van der Waals surface area contributed by atoms with Gasteiger partial charge in [0.15, 0.2) is 11.6 Å². The second-order valence-corrected chi connectivity index (χ2v) is 7.35. The minimum absolute atomic E-state index is 0.109. The molecule has 2 atom stereocenters. The predicted octanol–water partition coefficient (Wildman–Crippen LogP) is 3.91. The molecule has 0 saturated carbocycles. The number of thiol groups is 1. The number of pyridine rings is 1. The van der Waals surface area contributed by atoms with Crippen molar-refractivity contribution in [3.63, 3.8) is 0 Å². The van der Waals surface area contributed by atoms with E-state index in [1.54, 1.807) is 18.3 Å². The molecule has 3 rings (SSSR count). The van der Waals surface area contributed by atoms with Gasteiger partial charge in [-0.2, -0.15) is 0 Å². The average Bonchev–Trinajstić information content (AvgIpc) is 2.74. The van der Waals surface area contributed by atoms with E-state index in [9.17, 15) is 4.39 Å². The Balaban J connectivity index is 2.23. The highest BCUT2D eigenvalue weighted by molar-refractivity contribution is 7.79. The highest BCUT2D eigenvalue weighted by Gasteiger charge is 2.32. The van der Waals surface area contributed by atoms with Gasteiger partial charge in [-0.05, 0) is 50.0 Å². The van der Waals surface area contributed by atoms with Gasteiger partial charge in [0, 0.05) is 49.0 Å². The predicted molar refractivity (Wildman–Crippen MR) is 122 cm³/mol. The van der Waals surface area contributed by atoms with Gasteiger partial charge in [-0.3, -0.25) is 5.41 Å². The Bertz CT molecular complexity index is 997. The van der Waals surface area contributed by atoms with E-state index < -0.39 is 12.0 Å². The average molecular weight is 429 g/mol. The van der Waals surface area contributed by atoms with E-state index in [1.165, 1.54) is 12.3 Å². The molecule has 2 heterocycles. The molecule has 0 radical (unpaired) electrons. The summed E-state index contributed by atoms with van der Waals surface area (Å²) in [7, 11) is 0. The maximum absolute atomic E-state index is 14.1. The largest absolute Gasteiger partial charge is 0.486 e. The third-order valence-corrected chi connectivity index (χ3v) is 5.45. The van der Waals surface area contributed by atoms with Gasteiger partial charge in [-0.15, -0.1) is 0 Å². The number of aromatic nitrogens is 1. The van der Waals surface area contributed by atoms with Crippen molar-refractivity contribution < 1.29 is 9.13 Å². The second kappa shape index (κ2) is 9.25. The van der Waals surface area contributed by atoms with E-state index in [0.29, 0.717) is 40.4 Å². The molecular weight excluding hydrogens is 403 g/mol. The third-order valence-electron chi connectivity index (χ3n) is 5.21. The monoisotopic (exact) mass is 428 g/mol. The first-order chi connectivity index (χ1) is 14.4. The number of halogens is 1. The summed E-state index contributed by atoms with van der Waals surface area (Å²) < 4.78 is 24.2. The van der Waals surface area contributed by atoms with Crippen molar-refractivity contribution in [2.75, 3.05) is 12.3 Å². The summed E-state index contributed by atoms with van der Waals surface area (Å²) in [5, 5.41) is 20.0. The van der Waals surface area contributed by atoms with Gasteiger partial charge in [0.05, 0.1) is 11.4 Å². The lowest BCUT2D eigenvalue weighted by Crippen LogP contribution is -2.33. The number of fused-ring (bicyclic) bond motifs is 3. The van der Waals surface area contributed by atoms with Gasteiger partial charge in [0.25, 0.3) is 0 Å². The molecule has 158 valence electrons. The summed E-state index contributed by atoms with van der Waals surface area (Å²) in [6.45, 7) is 4.39. The van der Waals surface area contributed by atoms with Crippen molar-refractivity contribution >= 4 is 42.0 Å². The molecule has 0 saturated heterocycles. The van der Waals surface area contributed by atoms with E-state index in [1.807, 2.05) is 13.8 Å². The van der Waals surface area contributed by atoms with Crippen LogP contribution < -0.4 is 15.8 Å². The van der Waals surface area contributed by atoms with Crippen molar-refractivity contribution in [3.05, 3.63) is 47.0 Å². The normalized spacial score (nSPS) is 25.9. The molecule has 0 amide bonds. The van der Waals surface area contributed by atoms with Crippen LogP contribution in [-0.4, -0.2) is 35.3 Å². The molecule has 0 aromatic carbocycles.